The molecule has 0 unspecified atom stereocenters. The molecular weight excluding hydrogens is 1040 g/mol. The van der Waals surface area contributed by atoms with Crippen LogP contribution in [-0.4, -0.2) is 137 Å². The van der Waals surface area contributed by atoms with Crippen molar-refractivity contribution in [2.45, 2.75) is 207 Å². The number of Topliss-reactive ketones (excluding diaryl/α,β-unsaturated/α-hetero) is 5. The van der Waals surface area contributed by atoms with Gasteiger partial charge < -0.3 is 65.9 Å². The lowest BCUT2D eigenvalue weighted by molar-refractivity contribution is -0.140. The smallest absolute Gasteiger partial charge is 0.303 e. The van der Waals surface area contributed by atoms with Crippen molar-refractivity contribution in [3.63, 3.8) is 0 Å². The van der Waals surface area contributed by atoms with Gasteiger partial charge in [0.1, 0.15) is 5.78 Å². The Kier molecular flexibility index (Phi) is 38.3. The van der Waals surface area contributed by atoms with Crippen molar-refractivity contribution in [3.05, 3.63) is 0 Å². The summed E-state index contributed by atoms with van der Waals surface area (Å²) in [6, 6.07) is -4.53. The van der Waals surface area contributed by atoms with Crippen LogP contribution in [0.3, 0.4) is 0 Å². The van der Waals surface area contributed by atoms with E-state index in [4.69, 9.17) is 34.4 Å². The van der Waals surface area contributed by atoms with Gasteiger partial charge in [-0.25, -0.2) is 0 Å². The Labute approximate surface area is 472 Å². The number of ketones is 5. The fourth-order valence-electron chi connectivity index (χ4n) is 9.01. The number of aliphatic carboxylic acids is 2. The minimum atomic E-state index is -1.42. The van der Waals surface area contributed by atoms with Gasteiger partial charge in [0.15, 0.2) is 35.1 Å². The quantitative estimate of drug-likeness (QED) is 0.0235. The summed E-state index contributed by atoms with van der Waals surface area (Å²) in [7, 11) is 0. The molecule has 0 fully saturated rings. The number of guanidine groups is 2. The van der Waals surface area contributed by atoms with E-state index in [-0.39, 0.29) is 100 Å². The van der Waals surface area contributed by atoms with E-state index in [1.165, 1.54) is 0 Å². The highest BCUT2D eigenvalue weighted by molar-refractivity contribution is 5.98. The lowest BCUT2D eigenvalue weighted by atomic mass is 9.84. The maximum absolute atomic E-state index is 14.3. The van der Waals surface area contributed by atoms with Crippen LogP contribution in [0, 0.1) is 35.5 Å². The van der Waals surface area contributed by atoms with Crippen LogP contribution in [0.4, 0.5) is 0 Å². The Hall–Kier alpha value is -6.37. The molecule has 0 heterocycles. The van der Waals surface area contributed by atoms with Gasteiger partial charge in [-0.1, -0.05) is 54.4 Å². The van der Waals surface area contributed by atoms with Gasteiger partial charge in [0.05, 0.1) is 24.2 Å². The van der Waals surface area contributed by atoms with E-state index in [0.29, 0.717) is 64.5 Å². The monoisotopic (exact) mass is 1130 g/mol. The molecule has 0 bridgehead atoms. The molecular formula is C55H98N12O13. The number of hydrogen-bond acceptors (Lipinski definition) is 15. The second-order valence-corrected chi connectivity index (χ2v) is 21.3. The van der Waals surface area contributed by atoms with E-state index in [2.05, 4.69) is 31.3 Å². The molecule has 456 valence electrons. The summed E-state index contributed by atoms with van der Waals surface area (Å²) in [5, 5.41) is 30.0. The molecule has 4 amide bonds. The Bertz CT molecular complexity index is 2060. The summed E-state index contributed by atoms with van der Waals surface area (Å²) in [5.74, 6) is -11.9. The summed E-state index contributed by atoms with van der Waals surface area (Å²) in [6.45, 7) is 11.6. The van der Waals surface area contributed by atoms with Gasteiger partial charge in [-0.2, -0.15) is 0 Å². The Morgan fingerprint density at radius 2 is 0.925 bits per heavy atom. The Balaban J connectivity index is 6.61. The predicted molar refractivity (Wildman–Crippen MR) is 304 cm³/mol. The van der Waals surface area contributed by atoms with Crippen molar-refractivity contribution >= 4 is 76.4 Å². The Morgan fingerprint density at radius 1 is 0.463 bits per heavy atom. The summed E-state index contributed by atoms with van der Waals surface area (Å²) in [4.78, 5) is 155. The van der Waals surface area contributed by atoms with Crippen molar-refractivity contribution in [2.75, 3.05) is 26.2 Å². The van der Waals surface area contributed by atoms with E-state index in [1.54, 1.807) is 27.7 Å². The largest absolute Gasteiger partial charge is 0.481 e. The van der Waals surface area contributed by atoms with Crippen LogP contribution in [0.15, 0.2) is 9.98 Å². The molecule has 9 atom stereocenters. The number of nitrogens with one attached hydrogen (secondary N) is 4. The number of carbonyl (C=O) groups is 11. The maximum atomic E-state index is 14.3. The van der Waals surface area contributed by atoms with E-state index in [9.17, 15) is 63.0 Å². The average Bonchev–Trinajstić information content (AvgIpc) is 3.39. The third kappa shape index (κ3) is 32.6. The minimum Gasteiger partial charge on any atom is -0.481 e. The molecule has 0 aromatic heterocycles. The number of nitrogens with zero attached hydrogens (tertiary/aromatic N) is 2. The zero-order valence-corrected chi connectivity index (χ0v) is 48.4. The number of rotatable bonds is 48. The van der Waals surface area contributed by atoms with Crippen LogP contribution in [0.5, 0.6) is 0 Å². The number of carbonyl (C=O) groups excluding carboxylic acids is 9. The lowest BCUT2D eigenvalue weighted by Gasteiger charge is -2.27. The molecule has 25 heteroatoms. The van der Waals surface area contributed by atoms with Crippen molar-refractivity contribution in [1.29, 1.82) is 0 Å². The SMILES string of the molecule is CCC(=O)[C@H](CCCCN)NC(=O)[C@H](CCCN=C(N)N)CC(=O)[C@H](CC(C)C)NC(=O)CCC(=O)[C@H](CCC(=O)O)NC(=O)[C@@H](CC(=O)[C@H](CCCN=C(N)N)NC(=O)[C@H](CCC(=O)O)CC(=O)[C@@H](C)CCCCN)[C@@H](C)CC. The normalized spacial score (nSPS) is 14.6. The highest BCUT2D eigenvalue weighted by Gasteiger charge is 2.36. The first-order valence-electron chi connectivity index (χ1n) is 28.5. The molecule has 0 aliphatic heterocycles. The molecule has 18 N–H and O–H groups in total. The standard InChI is InChI=1S/C55H98N12O13/c1-7-34(5)38(32-47(72)40(18-14-28-63-55(60)61)66-52(79)37(19-23-49(74)75)30-45(70)35(6)15-9-11-25-56)53(80)67-41(20-24-50(76)77)44(69)21-22-48(73)64-42(29-33(3)4)46(71)31-36(16-13-27-62-54(58)59)51(78)65-39(43(68)8-2)17-10-12-26-57/h33-42H,7-32,56-57H2,1-6H3,(H,64,73)(H,65,78)(H,66,79)(H,67,80)(H,74,75)(H,76,77)(H4,58,59,62)(H4,60,61,63)/t34-,35-,36+,37+,38-,39-,40-,41-,42-/m0/s1. The molecule has 80 heavy (non-hydrogen) atoms. The molecule has 0 rings (SSSR count). The Morgan fingerprint density at radius 3 is 1.44 bits per heavy atom. The number of hydrogen-bond donors (Lipinski definition) is 12. The van der Waals surface area contributed by atoms with Gasteiger partial charge in [-0.15, -0.1) is 0 Å². The molecule has 0 aromatic carbocycles. The minimum absolute atomic E-state index is 0.00902. The third-order valence-electron chi connectivity index (χ3n) is 14.1. The van der Waals surface area contributed by atoms with E-state index in [0.717, 1.165) is 0 Å². The number of aliphatic imine (C=N–C) groups is 2. The van der Waals surface area contributed by atoms with Crippen LogP contribution in [0.2, 0.25) is 0 Å². The fraction of sp³-hybridized carbons (Fsp3) is 0.764. The van der Waals surface area contributed by atoms with Gasteiger partial charge in [0.25, 0.3) is 0 Å². The lowest BCUT2D eigenvalue weighted by Crippen LogP contribution is -2.48. The molecule has 0 aromatic rings. The van der Waals surface area contributed by atoms with E-state index < -0.39 is 139 Å². The topological polar surface area (TPSA) is 457 Å². The highest BCUT2D eigenvalue weighted by Crippen LogP contribution is 2.25. The van der Waals surface area contributed by atoms with Crippen molar-refractivity contribution in [3.8, 4) is 0 Å². The van der Waals surface area contributed by atoms with E-state index in [1.807, 2.05) is 13.8 Å². The second kappa shape index (κ2) is 41.6. The summed E-state index contributed by atoms with van der Waals surface area (Å²) in [6.07, 6.45) is 1.37. The molecule has 0 aliphatic rings. The fourth-order valence-corrected chi connectivity index (χ4v) is 9.01. The van der Waals surface area contributed by atoms with Crippen molar-refractivity contribution in [1.82, 2.24) is 21.3 Å². The van der Waals surface area contributed by atoms with Crippen LogP contribution < -0.4 is 55.7 Å². The van der Waals surface area contributed by atoms with Gasteiger partial charge in [-0.3, -0.25) is 62.7 Å². The first-order valence-corrected chi connectivity index (χ1v) is 28.5. The van der Waals surface area contributed by atoms with Crippen LogP contribution >= 0.6 is 0 Å². The summed E-state index contributed by atoms with van der Waals surface area (Å²) >= 11 is 0. The number of carboxylic acids is 2. The molecule has 0 aliphatic carbocycles. The van der Waals surface area contributed by atoms with Crippen molar-refractivity contribution < 1.29 is 63.0 Å². The van der Waals surface area contributed by atoms with Gasteiger partial charge in [-0.05, 0) is 102 Å². The van der Waals surface area contributed by atoms with Crippen LogP contribution in [0.25, 0.3) is 0 Å². The van der Waals surface area contributed by atoms with E-state index >= 15 is 0 Å². The predicted octanol–water partition coefficient (Wildman–Crippen LogP) is 1.80. The van der Waals surface area contributed by atoms with Gasteiger partial charge in [0, 0.05) is 88.1 Å². The molecule has 0 radical (unpaired) electrons. The second-order valence-electron chi connectivity index (χ2n) is 21.3. The number of amides is 4. The zero-order chi connectivity index (χ0) is 60.9. The van der Waals surface area contributed by atoms with Crippen LogP contribution in [-0.2, 0) is 52.7 Å². The highest BCUT2D eigenvalue weighted by atomic mass is 16.4. The van der Waals surface area contributed by atoms with Gasteiger partial charge in [0.2, 0.25) is 23.6 Å². The summed E-state index contributed by atoms with van der Waals surface area (Å²) in [5.41, 5.74) is 33.2. The number of nitrogens with two attached hydrogens (primary N) is 6. The van der Waals surface area contributed by atoms with Crippen LogP contribution in [0.1, 0.15) is 183 Å². The first-order chi connectivity index (χ1) is 37.7. The number of unbranched alkanes of at least 4 members (excludes halogenated alkanes) is 2. The summed E-state index contributed by atoms with van der Waals surface area (Å²) < 4.78 is 0. The zero-order valence-electron chi connectivity index (χ0n) is 48.4. The molecule has 0 saturated heterocycles. The molecule has 0 spiro atoms. The first kappa shape index (κ1) is 73.6. The number of carboxylic acid groups (broad SMARTS) is 2. The van der Waals surface area contributed by atoms with Crippen molar-refractivity contribution in [2.24, 2.45) is 79.9 Å². The molecule has 0 saturated carbocycles. The third-order valence-corrected chi connectivity index (χ3v) is 14.1. The molecule has 25 nitrogen and oxygen atoms in total. The maximum Gasteiger partial charge on any atom is 0.303 e. The van der Waals surface area contributed by atoms with Gasteiger partial charge >= 0.3 is 11.9 Å². The average molecular weight is 1140 g/mol.